The lowest BCUT2D eigenvalue weighted by molar-refractivity contribution is -0.140. The summed E-state index contributed by atoms with van der Waals surface area (Å²) in [6.45, 7) is 6.91. The number of hydrogen-bond acceptors (Lipinski definition) is 4. The Hall–Kier alpha value is -2.42. The minimum Gasteiger partial charge on any atom is -0.497 e. The van der Waals surface area contributed by atoms with Gasteiger partial charge in [0.25, 0.3) is 11.3 Å². The zero-order valence-electron chi connectivity index (χ0n) is 18.8. The number of likely N-dealkylation sites (tertiary alicyclic amines) is 1. The summed E-state index contributed by atoms with van der Waals surface area (Å²) in [6.07, 6.45) is 1.36. The molecule has 1 aliphatic heterocycles. The molecule has 8 heteroatoms. The number of ether oxygens (including phenoxy) is 1. The van der Waals surface area contributed by atoms with Gasteiger partial charge in [-0.1, -0.05) is 38.1 Å². The van der Waals surface area contributed by atoms with Crippen molar-refractivity contribution < 1.29 is 23.4 Å². The Balaban J connectivity index is 1.80. The van der Waals surface area contributed by atoms with E-state index in [2.05, 4.69) is 18.7 Å². The number of carbonyl (C=O) groups is 1. The Bertz CT molecular complexity index is 909. The van der Waals surface area contributed by atoms with Crippen LogP contribution in [0.15, 0.2) is 48.5 Å². The number of carboxylic acid groups (broad SMARTS) is 1. The molecule has 0 aliphatic carbocycles. The van der Waals surface area contributed by atoms with Gasteiger partial charge >= 0.3 is 5.97 Å². The molecule has 2 unspecified atom stereocenters. The molecule has 0 amide bonds. The van der Waals surface area contributed by atoms with E-state index in [4.69, 9.17) is 4.74 Å². The zero-order chi connectivity index (χ0) is 23.3. The minimum atomic E-state index is -2.46. The molecular formula is C24H32N2O5S. The molecule has 2 aromatic carbocycles. The fourth-order valence-corrected chi connectivity index (χ4v) is 5.15. The first kappa shape index (κ1) is 24.2. The van der Waals surface area contributed by atoms with Gasteiger partial charge in [-0.25, -0.2) is 9.00 Å². The second-order valence-electron chi connectivity index (χ2n) is 8.65. The van der Waals surface area contributed by atoms with Crippen LogP contribution in [0.3, 0.4) is 0 Å². The fraction of sp³-hybridized carbons (Fsp3) is 0.458. The van der Waals surface area contributed by atoms with Gasteiger partial charge in [0, 0.05) is 6.54 Å². The Labute approximate surface area is 192 Å². The summed E-state index contributed by atoms with van der Waals surface area (Å²) in [5, 5.41) is 9.99. The maximum Gasteiger partial charge on any atom is 0.327 e. The van der Waals surface area contributed by atoms with Crippen LogP contribution in [-0.2, 0) is 16.1 Å². The number of nitrogens with zero attached hydrogens (tertiary/aromatic N) is 2. The molecule has 1 heterocycles. The van der Waals surface area contributed by atoms with E-state index in [1.165, 1.54) is 0 Å². The Kier molecular flexibility index (Phi) is 8.28. The lowest BCUT2D eigenvalue weighted by Crippen LogP contribution is -2.50. The van der Waals surface area contributed by atoms with Crippen LogP contribution in [0.25, 0.3) is 11.1 Å². The van der Waals surface area contributed by atoms with E-state index in [-0.39, 0.29) is 5.92 Å². The number of carboxylic acids is 1. The third-order valence-corrected chi connectivity index (χ3v) is 6.70. The summed E-state index contributed by atoms with van der Waals surface area (Å²) in [7, 11) is 1.61. The number of methoxy groups -OCH3 is 1. The van der Waals surface area contributed by atoms with E-state index < -0.39 is 23.3 Å². The zero-order valence-corrected chi connectivity index (χ0v) is 19.6. The van der Waals surface area contributed by atoms with Gasteiger partial charge in [0.15, 0.2) is 0 Å². The summed E-state index contributed by atoms with van der Waals surface area (Å²) >= 11 is -2.46. The van der Waals surface area contributed by atoms with E-state index >= 15 is 0 Å². The third kappa shape index (κ3) is 5.88. The Morgan fingerprint density at radius 2 is 1.62 bits per heavy atom. The maximum atomic E-state index is 12.3. The van der Waals surface area contributed by atoms with Crippen molar-refractivity contribution in [3.63, 3.8) is 0 Å². The lowest BCUT2D eigenvalue weighted by atomic mass is 9.88. The molecule has 0 aromatic heterocycles. The van der Waals surface area contributed by atoms with Crippen LogP contribution in [0.1, 0.15) is 26.7 Å². The average molecular weight is 461 g/mol. The SMILES string of the molecule is COc1ccc(-c2ccc(N(C(C(=O)O)C3CCN(CC(C)C)CC3)S(=O)O)cc2)cc1. The maximum absolute atomic E-state index is 12.3. The predicted molar refractivity (Wildman–Crippen MR) is 127 cm³/mol. The highest BCUT2D eigenvalue weighted by atomic mass is 32.2. The van der Waals surface area contributed by atoms with Crippen molar-refractivity contribution in [2.24, 2.45) is 11.8 Å². The smallest absolute Gasteiger partial charge is 0.327 e. The van der Waals surface area contributed by atoms with Crippen LogP contribution in [-0.4, -0.2) is 57.5 Å². The molecule has 32 heavy (non-hydrogen) atoms. The molecule has 1 saturated heterocycles. The number of benzene rings is 2. The summed E-state index contributed by atoms with van der Waals surface area (Å²) in [4.78, 5) is 14.6. The van der Waals surface area contributed by atoms with Gasteiger partial charge in [-0.3, -0.25) is 8.86 Å². The summed E-state index contributed by atoms with van der Waals surface area (Å²) < 4.78 is 28.6. The molecule has 1 fully saturated rings. The molecule has 0 bridgehead atoms. The third-order valence-electron chi connectivity index (χ3n) is 5.92. The summed E-state index contributed by atoms with van der Waals surface area (Å²) in [5.41, 5.74) is 2.32. The Morgan fingerprint density at radius 3 is 2.06 bits per heavy atom. The highest BCUT2D eigenvalue weighted by Crippen LogP contribution is 2.31. The molecule has 2 N–H and O–H groups in total. The van der Waals surface area contributed by atoms with Crippen molar-refractivity contribution in [1.82, 2.24) is 4.90 Å². The van der Waals surface area contributed by atoms with E-state index in [9.17, 15) is 18.7 Å². The van der Waals surface area contributed by atoms with Crippen molar-refractivity contribution in [2.75, 3.05) is 31.0 Å². The molecule has 7 nitrogen and oxygen atoms in total. The van der Waals surface area contributed by atoms with Gasteiger partial charge in [-0.05, 0) is 73.2 Å². The lowest BCUT2D eigenvalue weighted by Gasteiger charge is -2.38. The molecule has 2 atom stereocenters. The summed E-state index contributed by atoms with van der Waals surface area (Å²) in [5.74, 6) is 0.0330. The van der Waals surface area contributed by atoms with Gasteiger partial charge in [0.1, 0.15) is 11.8 Å². The van der Waals surface area contributed by atoms with Crippen LogP contribution >= 0.6 is 0 Å². The normalized spacial score (nSPS) is 17.2. The number of piperidine rings is 1. The molecule has 1 aliphatic rings. The van der Waals surface area contributed by atoms with E-state index in [0.717, 1.165) is 40.8 Å². The van der Waals surface area contributed by atoms with E-state index in [0.29, 0.717) is 24.4 Å². The van der Waals surface area contributed by atoms with Crippen LogP contribution in [0.5, 0.6) is 5.75 Å². The van der Waals surface area contributed by atoms with Gasteiger partial charge < -0.3 is 14.7 Å². The number of anilines is 1. The summed E-state index contributed by atoms with van der Waals surface area (Å²) in [6, 6.07) is 13.6. The minimum absolute atomic E-state index is 0.201. The van der Waals surface area contributed by atoms with Gasteiger partial charge in [0.2, 0.25) is 0 Å². The average Bonchev–Trinajstić information content (AvgIpc) is 2.77. The molecule has 0 saturated carbocycles. The fourth-order valence-electron chi connectivity index (χ4n) is 4.39. The van der Waals surface area contributed by atoms with Crippen LogP contribution in [0.2, 0.25) is 0 Å². The largest absolute Gasteiger partial charge is 0.497 e. The molecule has 0 radical (unpaired) electrons. The molecular weight excluding hydrogens is 428 g/mol. The number of aliphatic carboxylic acids is 1. The highest BCUT2D eigenvalue weighted by molar-refractivity contribution is 7.80. The van der Waals surface area contributed by atoms with E-state index in [1.807, 2.05) is 36.4 Å². The number of rotatable bonds is 9. The highest BCUT2D eigenvalue weighted by Gasteiger charge is 2.38. The van der Waals surface area contributed by atoms with Gasteiger partial charge in [-0.2, -0.15) is 0 Å². The first-order chi connectivity index (χ1) is 15.3. The monoisotopic (exact) mass is 460 g/mol. The first-order valence-electron chi connectivity index (χ1n) is 10.9. The van der Waals surface area contributed by atoms with Gasteiger partial charge in [0.05, 0.1) is 12.8 Å². The molecule has 2 aromatic rings. The standard InChI is InChI=1S/C24H32N2O5S/c1-17(2)16-25-14-12-20(13-15-25)23(24(27)28)26(32(29)30)21-8-4-18(5-9-21)19-6-10-22(31-3)11-7-19/h4-11,17,20,23H,12-16H2,1-3H3,(H,27,28)(H,29,30). The second kappa shape index (κ2) is 10.9. The molecule has 3 rings (SSSR count). The first-order valence-corrected chi connectivity index (χ1v) is 12.0. The van der Waals surface area contributed by atoms with E-state index in [1.54, 1.807) is 19.2 Å². The number of hydrogen-bond donors (Lipinski definition) is 2. The van der Waals surface area contributed by atoms with Crippen molar-refractivity contribution in [1.29, 1.82) is 0 Å². The quantitative estimate of drug-likeness (QED) is 0.547. The molecule has 174 valence electrons. The van der Waals surface area contributed by atoms with Crippen LogP contribution < -0.4 is 9.04 Å². The van der Waals surface area contributed by atoms with Crippen molar-refractivity contribution >= 4 is 22.9 Å². The second-order valence-corrected chi connectivity index (χ2v) is 9.50. The Morgan fingerprint density at radius 1 is 1.09 bits per heavy atom. The topological polar surface area (TPSA) is 90.3 Å². The van der Waals surface area contributed by atoms with Crippen molar-refractivity contribution in [3.8, 4) is 16.9 Å². The predicted octanol–water partition coefficient (Wildman–Crippen LogP) is 4.13. The van der Waals surface area contributed by atoms with Crippen LogP contribution in [0.4, 0.5) is 5.69 Å². The van der Waals surface area contributed by atoms with Crippen LogP contribution in [0, 0.1) is 11.8 Å². The van der Waals surface area contributed by atoms with Crippen molar-refractivity contribution in [3.05, 3.63) is 48.5 Å². The molecule has 0 spiro atoms. The van der Waals surface area contributed by atoms with Crippen molar-refractivity contribution in [2.45, 2.75) is 32.7 Å². The van der Waals surface area contributed by atoms with Gasteiger partial charge in [-0.15, -0.1) is 0 Å².